The van der Waals surface area contributed by atoms with Gasteiger partial charge in [-0.05, 0) is 31.6 Å². The Kier molecular flexibility index (Phi) is 18.5. The number of nitrogens with zero attached hydrogens (tertiary/aromatic N) is 1. The second kappa shape index (κ2) is 19.3. The molecule has 146 valence electrons. The third kappa shape index (κ3) is 17.6. The highest BCUT2D eigenvalue weighted by Crippen LogP contribution is 2.18. The van der Waals surface area contributed by atoms with Gasteiger partial charge in [-0.1, -0.05) is 71.6 Å². The highest BCUT2D eigenvalue weighted by molar-refractivity contribution is 5.69. The van der Waals surface area contributed by atoms with Crippen LogP contribution in [0.2, 0.25) is 0 Å². The van der Waals surface area contributed by atoms with Crippen molar-refractivity contribution in [3.05, 3.63) is 11.4 Å². The molecule has 25 heavy (non-hydrogen) atoms. The predicted molar refractivity (Wildman–Crippen MR) is 107 cm³/mol. The summed E-state index contributed by atoms with van der Waals surface area (Å²) in [5, 5.41) is 0. The SMILES string of the molecule is [C-]#[N+]CCCCCCCCC(=O)OCC(CCCC)CCCCCC. The Bertz CT molecular complexity index is 335. The summed E-state index contributed by atoms with van der Waals surface area (Å²) in [4.78, 5) is 15.3. The lowest BCUT2D eigenvalue weighted by molar-refractivity contribution is -0.145. The maximum atomic E-state index is 11.9. The number of rotatable bonds is 18. The van der Waals surface area contributed by atoms with Crippen molar-refractivity contribution in [1.29, 1.82) is 0 Å². The number of ether oxygens (including phenoxy) is 1. The van der Waals surface area contributed by atoms with E-state index in [4.69, 9.17) is 11.3 Å². The van der Waals surface area contributed by atoms with Gasteiger partial charge in [0, 0.05) is 12.8 Å². The first kappa shape index (κ1) is 24.0. The number of unbranched alkanes of at least 4 members (excludes halogenated alkanes) is 9. The van der Waals surface area contributed by atoms with Gasteiger partial charge in [0.2, 0.25) is 6.54 Å². The quantitative estimate of drug-likeness (QED) is 0.152. The zero-order valence-electron chi connectivity index (χ0n) is 16.9. The number of carbonyl (C=O) groups is 1. The number of esters is 1. The monoisotopic (exact) mass is 351 g/mol. The molecule has 0 heterocycles. The molecule has 0 saturated heterocycles. The zero-order valence-corrected chi connectivity index (χ0v) is 16.9. The molecule has 0 N–H and O–H groups in total. The van der Waals surface area contributed by atoms with Crippen molar-refractivity contribution in [2.45, 2.75) is 110 Å². The first-order valence-electron chi connectivity index (χ1n) is 10.7. The molecule has 0 aromatic rings. The van der Waals surface area contributed by atoms with E-state index in [1.807, 2.05) is 0 Å². The smallest absolute Gasteiger partial charge is 0.305 e. The summed E-state index contributed by atoms with van der Waals surface area (Å²) in [5.41, 5.74) is 0. The molecule has 0 fully saturated rings. The van der Waals surface area contributed by atoms with Crippen LogP contribution in [-0.2, 0) is 9.53 Å². The zero-order chi connectivity index (χ0) is 18.6. The third-order valence-electron chi connectivity index (χ3n) is 4.81. The van der Waals surface area contributed by atoms with Gasteiger partial charge in [-0.25, -0.2) is 6.57 Å². The largest absolute Gasteiger partial charge is 0.465 e. The van der Waals surface area contributed by atoms with Gasteiger partial charge in [0.25, 0.3) is 0 Å². The molecule has 0 bridgehead atoms. The van der Waals surface area contributed by atoms with Crippen LogP contribution in [-0.4, -0.2) is 19.1 Å². The number of hydrogen-bond acceptors (Lipinski definition) is 2. The molecule has 0 aromatic heterocycles. The van der Waals surface area contributed by atoms with Crippen LogP contribution in [0.4, 0.5) is 0 Å². The second-order valence-corrected chi connectivity index (χ2v) is 7.29. The lowest BCUT2D eigenvalue weighted by atomic mass is 9.96. The Morgan fingerprint density at radius 1 is 0.840 bits per heavy atom. The van der Waals surface area contributed by atoms with Crippen LogP contribution >= 0.6 is 0 Å². The van der Waals surface area contributed by atoms with Gasteiger partial charge in [-0.15, -0.1) is 0 Å². The Morgan fingerprint density at radius 3 is 2.12 bits per heavy atom. The first-order valence-corrected chi connectivity index (χ1v) is 10.7. The molecule has 1 unspecified atom stereocenters. The summed E-state index contributed by atoms with van der Waals surface area (Å²) in [6.45, 7) is 12.5. The summed E-state index contributed by atoms with van der Waals surface area (Å²) in [6, 6.07) is 0. The minimum Gasteiger partial charge on any atom is -0.465 e. The van der Waals surface area contributed by atoms with Crippen molar-refractivity contribution >= 4 is 5.97 Å². The maximum Gasteiger partial charge on any atom is 0.305 e. The van der Waals surface area contributed by atoms with E-state index in [9.17, 15) is 4.79 Å². The van der Waals surface area contributed by atoms with Gasteiger partial charge in [-0.3, -0.25) is 4.79 Å². The van der Waals surface area contributed by atoms with Gasteiger partial charge in [0.1, 0.15) is 0 Å². The van der Waals surface area contributed by atoms with Crippen molar-refractivity contribution in [1.82, 2.24) is 0 Å². The summed E-state index contributed by atoms with van der Waals surface area (Å²) in [5.74, 6) is 0.547. The fraction of sp³-hybridized carbons (Fsp3) is 0.909. The minimum atomic E-state index is -0.0111. The van der Waals surface area contributed by atoms with Crippen molar-refractivity contribution in [3.8, 4) is 0 Å². The molecule has 0 rings (SSSR count). The van der Waals surface area contributed by atoms with Crippen molar-refractivity contribution < 1.29 is 9.53 Å². The first-order chi connectivity index (χ1) is 12.2. The van der Waals surface area contributed by atoms with Gasteiger partial charge in [-0.2, -0.15) is 0 Å². The molecule has 1 atom stereocenters. The molecule has 3 heteroatoms. The standard InChI is InChI=1S/C22H41NO2/c1-4-6-8-13-17-21(16-7-5-2)20-25-22(24)18-14-11-9-10-12-15-19-23-3/h21H,4-20H2,1-2H3. The Hall–Kier alpha value is -1.04. The molecule has 0 aliphatic carbocycles. The third-order valence-corrected chi connectivity index (χ3v) is 4.81. The molecule has 0 aromatic carbocycles. The van der Waals surface area contributed by atoms with Crippen LogP contribution in [0.1, 0.15) is 110 Å². The molecule has 3 nitrogen and oxygen atoms in total. The average Bonchev–Trinajstić information content (AvgIpc) is 2.62. The van der Waals surface area contributed by atoms with E-state index in [0.29, 0.717) is 25.5 Å². The van der Waals surface area contributed by atoms with E-state index in [1.54, 1.807) is 0 Å². The second-order valence-electron chi connectivity index (χ2n) is 7.29. The molecular weight excluding hydrogens is 310 g/mol. The van der Waals surface area contributed by atoms with Crippen LogP contribution in [0.15, 0.2) is 0 Å². The summed E-state index contributed by atoms with van der Waals surface area (Å²) >= 11 is 0. The fourth-order valence-corrected chi connectivity index (χ4v) is 3.11. The molecule has 0 saturated carbocycles. The Morgan fingerprint density at radius 2 is 1.44 bits per heavy atom. The van der Waals surface area contributed by atoms with Crippen LogP contribution in [0.3, 0.4) is 0 Å². The average molecular weight is 352 g/mol. The Balaban J connectivity index is 3.69. The fourth-order valence-electron chi connectivity index (χ4n) is 3.11. The maximum absolute atomic E-state index is 11.9. The van der Waals surface area contributed by atoms with E-state index in [0.717, 1.165) is 25.7 Å². The van der Waals surface area contributed by atoms with Crippen LogP contribution in [0, 0.1) is 12.5 Å². The lowest BCUT2D eigenvalue weighted by Crippen LogP contribution is -2.14. The summed E-state index contributed by atoms with van der Waals surface area (Å²) in [7, 11) is 0. The summed E-state index contributed by atoms with van der Waals surface area (Å²) in [6.07, 6.45) is 17.1. The van der Waals surface area contributed by atoms with Crippen molar-refractivity contribution in [3.63, 3.8) is 0 Å². The van der Waals surface area contributed by atoms with E-state index in [-0.39, 0.29) is 5.97 Å². The van der Waals surface area contributed by atoms with Crippen LogP contribution in [0.25, 0.3) is 4.85 Å². The number of hydrogen-bond donors (Lipinski definition) is 0. The van der Waals surface area contributed by atoms with Crippen molar-refractivity contribution in [2.75, 3.05) is 13.2 Å². The van der Waals surface area contributed by atoms with E-state index >= 15 is 0 Å². The van der Waals surface area contributed by atoms with Gasteiger partial charge in [0.15, 0.2) is 0 Å². The highest BCUT2D eigenvalue weighted by atomic mass is 16.5. The van der Waals surface area contributed by atoms with E-state index in [2.05, 4.69) is 18.7 Å². The predicted octanol–water partition coefficient (Wildman–Crippen LogP) is 6.96. The van der Waals surface area contributed by atoms with Gasteiger partial charge < -0.3 is 9.58 Å². The topological polar surface area (TPSA) is 30.7 Å². The van der Waals surface area contributed by atoms with Crippen molar-refractivity contribution in [2.24, 2.45) is 5.92 Å². The summed E-state index contributed by atoms with van der Waals surface area (Å²) < 4.78 is 5.55. The Labute approximate surface area is 156 Å². The molecule has 0 radical (unpaired) electrons. The van der Waals surface area contributed by atoms with Gasteiger partial charge in [0.05, 0.1) is 6.61 Å². The van der Waals surface area contributed by atoms with Gasteiger partial charge >= 0.3 is 5.97 Å². The minimum absolute atomic E-state index is 0.0111. The van der Waals surface area contributed by atoms with Crippen LogP contribution in [0.5, 0.6) is 0 Å². The molecule has 0 amide bonds. The van der Waals surface area contributed by atoms with E-state index < -0.39 is 0 Å². The molecule has 0 aliphatic rings. The van der Waals surface area contributed by atoms with E-state index in [1.165, 1.54) is 64.2 Å². The van der Waals surface area contributed by atoms with Crippen LogP contribution < -0.4 is 0 Å². The molecular formula is C22H41NO2. The highest BCUT2D eigenvalue weighted by Gasteiger charge is 2.11. The number of carbonyl (C=O) groups excluding carboxylic acids is 1. The lowest BCUT2D eigenvalue weighted by Gasteiger charge is -2.16. The molecule has 0 aliphatic heterocycles. The normalized spacial score (nSPS) is 11.9. The molecule has 0 spiro atoms.